The lowest BCUT2D eigenvalue weighted by Gasteiger charge is -2.46. The molecular weight excluding hydrogens is 370 g/mol. The molecule has 29 heavy (non-hydrogen) atoms. The first-order chi connectivity index (χ1) is 14.1. The van der Waals surface area contributed by atoms with E-state index in [-0.39, 0.29) is 23.5 Å². The van der Waals surface area contributed by atoms with E-state index in [9.17, 15) is 9.59 Å². The van der Waals surface area contributed by atoms with Crippen molar-refractivity contribution in [1.82, 2.24) is 24.5 Å². The number of nitrogens with zero attached hydrogens (tertiary/aromatic N) is 5. The largest absolute Gasteiger partial charge is 0.381 e. The molecule has 0 radical (unpaired) electrons. The lowest BCUT2D eigenvalue weighted by atomic mass is 9.86. The molecule has 4 aliphatic rings. The van der Waals surface area contributed by atoms with Gasteiger partial charge in [-0.05, 0) is 50.5 Å². The van der Waals surface area contributed by atoms with Crippen LogP contribution in [0.1, 0.15) is 49.0 Å². The van der Waals surface area contributed by atoms with E-state index in [4.69, 9.17) is 4.74 Å². The minimum Gasteiger partial charge on any atom is -0.381 e. The summed E-state index contributed by atoms with van der Waals surface area (Å²) < 4.78 is 7.30. The highest BCUT2D eigenvalue weighted by molar-refractivity contribution is 5.92. The molecule has 0 bridgehead atoms. The molecule has 1 aliphatic carbocycles. The summed E-state index contributed by atoms with van der Waals surface area (Å²) in [6.45, 7) is 4.59. The SMILES string of the molecule is Cn1ccc(C(=O)N2CCC(N3C(=O)N(CC4CC4)CC34CCOCC4)CC2)n1. The summed E-state index contributed by atoms with van der Waals surface area (Å²) >= 11 is 0. The zero-order valence-corrected chi connectivity index (χ0v) is 17.3. The van der Waals surface area contributed by atoms with Crippen LogP contribution in [0.25, 0.3) is 0 Å². The van der Waals surface area contributed by atoms with Crippen molar-refractivity contribution >= 4 is 11.9 Å². The van der Waals surface area contributed by atoms with Gasteiger partial charge in [0.05, 0.1) is 5.54 Å². The molecule has 0 aromatic carbocycles. The number of likely N-dealkylation sites (tertiary alicyclic amines) is 1. The Morgan fingerprint density at radius 2 is 1.93 bits per heavy atom. The fraction of sp³-hybridized carbons (Fsp3) is 0.762. The number of amides is 3. The van der Waals surface area contributed by atoms with Crippen LogP contribution in [-0.2, 0) is 11.8 Å². The van der Waals surface area contributed by atoms with E-state index in [0.29, 0.717) is 24.7 Å². The molecule has 0 unspecified atom stereocenters. The van der Waals surface area contributed by atoms with Gasteiger partial charge in [0.2, 0.25) is 0 Å². The Morgan fingerprint density at radius 1 is 1.21 bits per heavy atom. The molecule has 3 amide bonds. The molecule has 0 N–H and O–H groups in total. The second kappa shape index (κ2) is 7.31. The standard InChI is InChI=1S/C21H31N5O3/c1-23-9-6-18(22-23)19(27)24-10-4-17(5-11-24)26-20(28)25(14-16-2-3-16)15-21(26)7-12-29-13-8-21/h6,9,16-17H,2-5,7-8,10-15H2,1H3. The summed E-state index contributed by atoms with van der Waals surface area (Å²) in [5, 5.41) is 4.25. The molecule has 1 saturated carbocycles. The Hall–Kier alpha value is -2.09. The van der Waals surface area contributed by atoms with Gasteiger partial charge < -0.3 is 19.4 Å². The summed E-state index contributed by atoms with van der Waals surface area (Å²) in [5.41, 5.74) is 0.418. The molecule has 4 heterocycles. The first kappa shape index (κ1) is 18.9. The van der Waals surface area contributed by atoms with E-state index in [0.717, 1.165) is 52.0 Å². The highest BCUT2D eigenvalue weighted by Gasteiger charge is 2.53. The maximum atomic E-state index is 13.4. The number of ether oxygens (including phenoxy) is 1. The topological polar surface area (TPSA) is 70.9 Å². The third-order valence-electron chi connectivity index (χ3n) is 7.12. The molecule has 5 rings (SSSR count). The number of hydrogen-bond donors (Lipinski definition) is 0. The number of carbonyl (C=O) groups is 2. The number of carbonyl (C=O) groups excluding carboxylic acids is 2. The highest BCUT2D eigenvalue weighted by Crippen LogP contribution is 2.41. The molecule has 1 spiro atoms. The first-order valence-electron chi connectivity index (χ1n) is 11.0. The van der Waals surface area contributed by atoms with Gasteiger partial charge in [-0.3, -0.25) is 9.48 Å². The molecular formula is C21H31N5O3. The van der Waals surface area contributed by atoms with Crippen LogP contribution in [0.2, 0.25) is 0 Å². The Bertz CT molecular complexity index is 775. The van der Waals surface area contributed by atoms with Gasteiger partial charge in [-0.25, -0.2) is 4.79 Å². The molecule has 4 fully saturated rings. The van der Waals surface area contributed by atoms with E-state index in [1.165, 1.54) is 12.8 Å². The van der Waals surface area contributed by atoms with Gasteiger partial charge in [0.15, 0.2) is 0 Å². The van der Waals surface area contributed by atoms with Crippen LogP contribution in [0.3, 0.4) is 0 Å². The number of rotatable bonds is 4. The van der Waals surface area contributed by atoms with Crippen LogP contribution < -0.4 is 0 Å². The van der Waals surface area contributed by atoms with E-state index >= 15 is 0 Å². The van der Waals surface area contributed by atoms with Crippen molar-refractivity contribution in [3.05, 3.63) is 18.0 Å². The van der Waals surface area contributed by atoms with Crippen molar-refractivity contribution in [3.8, 4) is 0 Å². The van der Waals surface area contributed by atoms with Crippen molar-refractivity contribution in [2.75, 3.05) is 39.4 Å². The van der Waals surface area contributed by atoms with Crippen LogP contribution in [0.15, 0.2) is 12.3 Å². The Morgan fingerprint density at radius 3 is 2.55 bits per heavy atom. The van der Waals surface area contributed by atoms with Crippen molar-refractivity contribution in [2.45, 2.75) is 50.1 Å². The predicted octanol–water partition coefficient (Wildman–Crippen LogP) is 1.72. The van der Waals surface area contributed by atoms with Gasteiger partial charge in [-0.2, -0.15) is 5.10 Å². The van der Waals surface area contributed by atoms with E-state index in [1.54, 1.807) is 16.9 Å². The van der Waals surface area contributed by atoms with Crippen molar-refractivity contribution in [2.24, 2.45) is 13.0 Å². The van der Waals surface area contributed by atoms with Gasteiger partial charge in [0, 0.05) is 58.7 Å². The summed E-state index contributed by atoms with van der Waals surface area (Å²) in [6.07, 6.45) is 7.84. The first-order valence-corrected chi connectivity index (χ1v) is 11.0. The average Bonchev–Trinajstić information content (AvgIpc) is 3.38. The highest BCUT2D eigenvalue weighted by atomic mass is 16.5. The fourth-order valence-electron chi connectivity index (χ4n) is 5.32. The molecule has 3 saturated heterocycles. The van der Waals surface area contributed by atoms with Crippen LogP contribution in [0.5, 0.6) is 0 Å². The van der Waals surface area contributed by atoms with E-state index in [2.05, 4.69) is 14.9 Å². The third-order valence-corrected chi connectivity index (χ3v) is 7.12. The Labute approximate surface area is 171 Å². The number of aryl methyl sites for hydroxylation is 1. The van der Waals surface area contributed by atoms with Crippen LogP contribution in [0.4, 0.5) is 4.79 Å². The molecule has 1 aromatic rings. The molecule has 158 valence electrons. The second-order valence-corrected chi connectivity index (χ2v) is 9.21. The molecule has 3 aliphatic heterocycles. The van der Waals surface area contributed by atoms with E-state index < -0.39 is 0 Å². The predicted molar refractivity (Wildman–Crippen MR) is 106 cm³/mol. The number of aromatic nitrogens is 2. The van der Waals surface area contributed by atoms with Gasteiger partial charge in [0.25, 0.3) is 5.91 Å². The Kier molecular flexibility index (Phi) is 4.76. The van der Waals surface area contributed by atoms with Crippen molar-refractivity contribution < 1.29 is 14.3 Å². The van der Waals surface area contributed by atoms with Gasteiger partial charge >= 0.3 is 6.03 Å². The minimum absolute atomic E-state index is 0.00654. The van der Waals surface area contributed by atoms with Crippen molar-refractivity contribution in [1.29, 1.82) is 0 Å². The normalized spacial score (nSPS) is 25.3. The minimum atomic E-state index is -0.0813. The average molecular weight is 402 g/mol. The zero-order valence-electron chi connectivity index (χ0n) is 17.3. The lowest BCUT2D eigenvalue weighted by Crippen LogP contribution is -2.57. The summed E-state index contributed by atoms with van der Waals surface area (Å²) in [5.74, 6) is 0.696. The number of hydrogen-bond acceptors (Lipinski definition) is 4. The lowest BCUT2D eigenvalue weighted by molar-refractivity contribution is -0.0153. The zero-order chi connectivity index (χ0) is 20.0. The maximum Gasteiger partial charge on any atom is 0.320 e. The molecule has 8 heteroatoms. The molecule has 1 aromatic heterocycles. The monoisotopic (exact) mass is 401 g/mol. The smallest absolute Gasteiger partial charge is 0.320 e. The van der Waals surface area contributed by atoms with Crippen LogP contribution in [-0.4, -0.2) is 87.4 Å². The molecule has 8 nitrogen and oxygen atoms in total. The summed E-state index contributed by atoms with van der Waals surface area (Å²) in [4.78, 5) is 32.3. The third kappa shape index (κ3) is 3.52. The molecule has 0 atom stereocenters. The van der Waals surface area contributed by atoms with Gasteiger partial charge in [0.1, 0.15) is 5.69 Å². The summed E-state index contributed by atoms with van der Waals surface area (Å²) in [7, 11) is 1.82. The van der Waals surface area contributed by atoms with Crippen LogP contribution >= 0.6 is 0 Å². The van der Waals surface area contributed by atoms with E-state index in [1.807, 2.05) is 11.9 Å². The van der Waals surface area contributed by atoms with Gasteiger partial charge in [-0.1, -0.05) is 0 Å². The van der Waals surface area contributed by atoms with Crippen LogP contribution in [0, 0.1) is 5.92 Å². The Balaban J connectivity index is 1.28. The number of urea groups is 1. The fourth-order valence-corrected chi connectivity index (χ4v) is 5.32. The maximum absolute atomic E-state index is 13.4. The summed E-state index contributed by atoms with van der Waals surface area (Å²) in [6, 6.07) is 2.19. The van der Waals surface area contributed by atoms with Crippen molar-refractivity contribution in [3.63, 3.8) is 0 Å². The van der Waals surface area contributed by atoms with Gasteiger partial charge in [-0.15, -0.1) is 0 Å². The second-order valence-electron chi connectivity index (χ2n) is 9.21. The quantitative estimate of drug-likeness (QED) is 0.770. The number of piperidine rings is 1.